The molecule has 0 aliphatic carbocycles. The smallest absolute Gasteiger partial charge is 0.0408 e. The molecule has 2 rings (SSSR count). The molecule has 0 aliphatic heterocycles. The van der Waals surface area contributed by atoms with Crippen LogP contribution in [0.4, 0.5) is 0 Å². The molecule has 0 saturated carbocycles. The molecule has 0 saturated heterocycles. The van der Waals surface area contributed by atoms with Gasteiger partial charge in [-0.05, 0) is 42.5 Å². The molecule has 0 amide bonds. The number of aryl methyl sites for hydroxylation is 1. The number of rotatable bonds is 4. The normalized spacial score (nSPS) is 12.4. The number of hydrogen-bond donors (Lipinski definition) is 0. The summed E-state index contributed by atoms with van der Waals surface area (Å²) in [4.78, 5) is 0. The Hall–Kier alpha value is -0.790. The lowest BCUT2D eigenvalue weighted by atomic mass is 9.93. The van der Waals surface area contributed by atoms with E-state index >= 15 is 0 Å². The molecule has 0 aromatic heterocycles. The van der Waals surface area contributed by atoms with Gasteiger partial charge in [0.15, 0.2) is 0 Å². The second-order valence-electron chi connectivity index (χ2n) is 4.60. The van der Waals surface area contributed by atoms with Gasteiger partial charge >= 0.3 is 0 Å². The van der Waals surface area contributed by atoms with E-state index in [1.807, 2.05) is 18.2 Å². The van der Waals surface area contributed by atoms with Gasteiger partial charge in [0.1, 0.15) is 0 Å². The molecule has 0 bridgehead atoms. The summed E-state index contributed by atoms with van der Waals surface area (Å²) in [7, 11) is 0. The highest BCUT2D eigenvalue weighted by atomic mass is 79.9. The first-order chi connectivity index (χ1) is 8.69. The molecule has 0 heterocycles. The van der Waals surface area contributed by atoms with Crippen LogP contribution < -0.4 is 0 Å². The first-order valence-corrected chi connectivity index (χ1v) is 7.56. The van der Waals surface area contributed by atoms with Crippen LogP contribution in [0.1, 0.15) is 22.6 Å². The molecule has 94 valence electrons. The van der Waals surface area contributed by atoms with Crippen molar-refractivity contribution in [3.8, 4) is 0 Å². The van der Waals surface area contributed by atoms with Crippen LogP contribution in [0.2, 0.25) is 5.02 Å². The maximum absolute atomic E-state index is 6.03. The van der Waals surface area contributed by atoms with E-state index in [1.165, 1.54) is 16.7 Å². The summed E-state index contributed by atoms with van der Waals surface area (Å²) >= 11 is 9.64. The van der Waals surface area contributed by atoms with Crippen LogP contribution in [-0.2, 0) is 6.42 Å². The van der Waals surface area contributed by atoms with Gasteiger partial charge < -0.3 is 0 Å². The Balaban J connectivity index is 2.17. The van der Waals surface area contributed by atoms with Gasteiger partial charge in [-0.25, -0.2) is 0 Å². The van der Waals surface area contributed by atoms with Crippen molar-refractivity contribution >= 4 is 27.5 Å². The number of hydrogen-bond acceptors (Lipinski definition) is 0. The zero-order valence-corrected chi connectivity index (χ0v) is 12.7. The lowest BCUT2D eigenvalue weighted by molar-refractivity contribution is 0.775. The Kier molecular flexibility index (Phi) is 4.85. The van der Waals surface area contributed by atoms with Crippen molar-refractivity contribution in [3.63, 3.8) is 0 Å². The lowest BCUT2D eigenvalue weighted by Gasteiger charge is -2.15. The third kappa shape index (κ3) is 3.60. The minimum Gasteiger partial charge on any atom is -0.0921 e. The summed E-state index contributed by atoms with van der Waals surface area (Å²) in [6, 6.07) is 16.9. The molecular formula is C16H16BrCl. The monoisotopic (exact) mass is 322 g/mol. The molecule has 2 aromatic carbocycles. The van der Waals surface area contributed by atoms with Crippen LogP contribution in [0.3, 0.4) is 0 Å². The second-order valence-corrected chi connectivity index (χ2v) is 5.68. The summed E-state index contributed by atoms with van der Waals surface area (Å²) in [6.45, 7) is 2.11. The summed E-state index contributed by atoms with van der Waals surface area (Å²) in [6.07, 6.45) is 1.01. The van der Waals surface area contributed by atoms with Gasteiger partial charge in [-0.3, -0.25) is 0 Å². The van der Waals surface area contributed by atoms with Crippen LogP contribution in [0, 0.1) is 6.92 Å². The Morgan fingerprint density at radius 1 is 1.11 bits per heavy atom. The number of halogens is 2. The van der Waals surface area contributed by atoms with Crippen molar-refractivity contribution in [3.05, 3.63) is 70.2 Å². The molecule has 2 aromatic rings. The van der Waals surface area contributed by atoms with Crippen LogP contribution in [0.15, 0.2) is 48.5 Å². The third-order valence-electron chi connectivity index (χ3n) is 3.11. The molecule has 2 heteroatoms. The highest BCUT2D eigenvalue weighted by Crippen LogP contribution is 2.24. The van der Waals surface area contributed by atoms with Gasteiger partial charge in [-0.15, -0.1) is 0 Å². The second kappa shape index (κ2) is 6.40. The lowest BCUT2D eigenvalue weighted by Crippen LogP contribution is -2.04. The number of benzene rings is 2. The average Bonchev–Trinajstić information content (AvgIpc) is 2.37. The Morgan fingerprint density at radius 3 is 2.44 bits per heavy atom. The summed E-state index contributed by atoms with van der Waals surface area (Å²) < 4.78 is 0. The zero-order valence-electron chi connectivity index (χ0n) is 10.4. The highest BCUT2D eigenvalue weighted by Gasteiger charge is 2.11. The summed E-state index contributed by atoms with van der Waals surface area (Å²) in [5.74, 6) is 0.490. The van der Waals surface area contributed by atoms with Crippen molar-refractivity contribution < 1.29 is 0 Å². The van der Waals surface area contributed by atoms with E-state index in [1.54, 1.807) is 0 Å². The van der Waals surface area contributed by atoms with E-state index in [-0.39, 0.29) is 0 Å². The van der Waals surface area contributed by atoms with Crippen molar-refractivity contribution in [1.82, 2.24) is 0 Å². The molecule has 1 atom stereocenters. The van der Waals surface area contributed by atoms with Gasteiger partial charge in [0, 0.05) is 10.4 Å². The van der Waals surface area contributed by atoms with E-state index < -0.39 is 0 Å². The summed E-state index contributed by atoms with van der Waals surface area (Å²) in [5, 5.41) is 1.77. The molecular weight excluding hydrogens is 308 g/mol. The maximum atomic E-state index is 6.03. The van der Waals surface area contributed by atoms with Crippen molar-refractivity contribution in [2.45, 2.75) is 19.3 Å². The van der Waals surface area contributed by atoms with E-state index in [0.717, 1.165) is 16.8 Å². The fourth-order valence-corrected chi connectivity index (χ4v) is 2.86. The SMILES string of the molecule is Cc1ccc(C(CBr)Cc2cccc(Cl)c2)cc1. The first-order valence-electron chi connectivity index (χ1n) is 6.06. The Labute approximate surface area is 122 Å². The molecule has 0 aliphatic rings. The van der Waals surface area contributed by atoms with E-state index in [9.17, 15) is 0 Å². The molecule has 0 N–H and O–H groups in total. The van der Waals surface area contributed by atoms with Gasteiger partial charge in [0.2, 0.25) is 0 Å². The third-order valence-corrected chi connectivity index (χ3v) is 4.12. The molecule has 1 unspecified atom stereocenters. The van der Waals surface area contributed by atoms with Crippen molar-refractivity contribution in [1.29, 1.82) is 0 Å². The van der Waals surface area contributed by atoms with E-state index in [4.69, 9.17) is 11.6 Å². The highest BCUT2D eigenvalue weighted by molar-refractivity contribution is 9.09. The predicted molar refractivity (Wildman–Crippen MR) is 82.9 cm³/mol. The fourth-order valence-electron chi connectivity index (χ4n) is 2.05. The molecule has 0 radical (unpaired) electrons. The van der Waals surface area contributed by atoms with Crippen LogP contribution >= 0.6 is 27.5 Å². The van der Waals surface area contributed by atoms with Crippen molar-refractivity contribution in [2.24, 2.45) is 0 Å². The number of alkyl halides is 1. The minimum atomic E-state index is 0.490. The van der Waals surface area contributed by atoms with Gasteiger partial charge in [0.25, 0.3) is 0 Å². The van der Waals surface area contributed by atoms with E-state index in [2.05, 4.69) is 53.2 Å². The maximum Gasteiger partial charge on any atom is 0.0408 e. The Morgan fingerprint density at radius 2 is 1.83 bits per heavy atom. The molecule has 0 spiro atoms. The van der Waals surface area contributed by atoms with Crippen LogP contribution in [0.25, 0.3) is 0 Å². The molecule has 0 fully saturated rings. The van der Waals surface area contributed by atoms with Crippen LogP contribution in [-0.4, -0.2) is 5.33 Å². The molecule has 18 heavy (non-hydrogen) atoms. The summed E-state index contributed by atoms with van der Waals surface area (Å²) in [5.41, 5.74) is 3.96. The standard InChI is InChI=1S/C16H16BrCl/c1-12-5-7-14(8-6-12)15(11-17)9-13-3-2-4-16(18)10-13/h2-8,10,15H,9,11H2,1H3. The van der Waals surface area contributed by atoms with Crippen molar-refractivity contribution in [2.75, 3.05) is 5.33 Å². The topological polar surface area (TPSA) is 0 Å². The zero-order chi connectivity index (χ0) is 13.0. The fraction of sp³-hybridized carbons (Fsp3) is 0.250. The quantitative estimate of drug-likeness (QED) is 0.664. The molecule has 0 nitrogen and oxygen atoms in total. The first kappa shape index (κ1) is 13.6. The van der Waals surface area contributed by atoms with Crippen LogP contribution in [0.5, 0.6) is 0 Å². The largest absolute Gasteiger partial charge is 0.0921 e. The average molecular weight is 324 g/mol. The van der Waals surface area contributed by atoms with Gasteiger partial charge in [0.05, 0.1) is 0 Å². The minimum absolute atomic E-state index is 0.490. The Bertz CT molecular complexity index is 505. The van der Waals surface area contributed by atoms with Gasteiger partial charge in [-0.1, -0.05) is 69.5 Å². The van der Waals surface area contributed by atoms with E-state index in [0.29, 0.717) is 5.92 Å². The predicted octanol–water partition coefficient (Wildman–Crippen LogP) is 5.37. The van der Waals surface area contributed by atoms with Gasteiger partial charge in [-0.2, -0.15) is 0 Å².